The Bertz CT molecular complexity index is 1110. The van der Waals surface area contributed by atoms with Crippen LogP contribution in [0.4, 0.5) is 0 Å². The summed E-state index contributed by atoms with van der Waals surface area (Å²) in [6.07, 6.45) is 3.88. The summed E-state index contributed by atoms with van der Waals surface area (Å²) >= 11 is 1.62. The van der Waals surface area contributed by atoms with Gasteiger partial charge >= 0.3 is 0 Å². The molecule has 2 aliphatic rings. The van der Waals surface area contributed by atoms with E-state index in [4.69, 9.17) is 9.40 Å². The molecular weight excluding hydrogens is 386 g/mol. The Labute approximate surface area is 172 Å². The Morgan fingerprint density at radius 1 is 1.28 bits per heavy atom. The summed E-state index contributed by atoms with van der Waals surface area (Å²) in [6.45, 7) is 4.85. The second-order valence-corrected chi connectivity index (χ2v) is 8.53. The van der Waals surface area contributed by atoms with Crippen molar-refractivity contribution in [1.82, 2.24) is 19.9 Å². The summed E-state index contributed by atoms with van der Waals surface area (Å²) in [6, 6.07) is 4.00. The van der Waals surface area contributed by atoms with E-state index < -0.39 is 0 Å². The van der Waals surface area contributed by atoms with Crippen molar-refractivity contribution >= 4 is 17.0 Å². The van der Waals surface area contributed by atoms with Crippen LogP contribution in [0.2, 0.25) is 0 Å². The maximum Gasteiger partial charge on any atom is 0.255 e. The van der Waals surface area contributed by atoms with Crippen molar-refractivity contribution in [3.8, 4) is 10.8 Å². The van der Waals surface area contributed by atoms with Crippen LogP contribution in [0.15, 0.2) is 31.7 Å². The number of oxazole rings is 1. The molecule has 5 heterocycles. The lowest BCUT2D eigenvalue weighted by atomic mass is 10.0. The molecule has 2 aliphatic heterocycles. The smallest absolute Gasteiger partial charge is 0.255 e. The molecule has 0 saturated carbocycles. The van der Waals surface area contributed by atoms with Gasteiger partial charge in [0, 0.05) is 32.6 Å². The van der Waals surface area contributed by atoms with Gasteiger partial charge in [0.15, 0.2) is 5.82 Å². The summed E-state index contributed by atoms with van der Waals surface area (Å²) < 4.78 is 5.86. The summed E-state index contributed by atoms with van der Waals surface area (Å²) in [5.41, 5.74) is 3.49. The topological polar surface area (TPSA) is 87.4 Å². The third-order valence-corrected chi connectivity index (χ3v) is 6.40. The maximum absolute atomic E-state index is 12.7. The largest absolute Gasteiger partial charge is 0.440 e. The van der Waals surface area contributed by atoms with Crippen LogP contribution in [0.5, 0.6) is 0 Å². The number of nitrogens with one attached hydrogen (secondary N) is 1. The molecule has 0 aliphatic carbocycles. The SMILES string of the molecule is Cc1oc(-c2cccs2)nc1CN1CCc2nc(C3=NCCCC3)[nH]c(=O)c2C1. The molecule has 150 valence electrons. The van der Waals surface area contributed by atoms with E-state index in [1.165, 1.54) is 0 Å². The molecule has 5 rings (SSSR count). The average molecular weight is 410 g/mol. The lowest BCUT2D eigenvalue weighted by molar-refractivity contribution is 0.238. The molecule has 0 saturated heterocycles. The summed E-state index contributed by atoms with van der Waals surface area (Å²) in [7, 11) is 0. The second kappa shape index (κ2) is 7.68. The molecule has 0 aromatic carbocycles. The first-order chi connectivity index (χ1) is 14.2. The molecule has 1 N–H and O–H groups in total. The normalized spacial score (nSPS) is 17.2. The number of fused-ring (bicyclic) bond motifs is 1. The molecule has 3 aromatic heterocycles. The zero-order valence-corrected chi connectivity index (χ0v) is 17.2. The highest BCUT2D eigenvalue weighted by Gasteiger charge is 2.24. The molecule has 0 bridgehead atoms. The fourth-order valence-electron chi connectivity index (χ4n) is 3.94. The quantitative estimate of drug-likeness (QED) is 0.714. The van der Waals surface area contributed by atoms with Gasteiger partial charge in [0.05, 0.1) is 27.5 Å². The summed E-state index contributed by atoms with van der Waals surface area (Å²) in [5, 5.41) is 2.02. The number of rotatable bonds is 4. The number of aromatic amines is 1. The zero-order chi connectivity index (χ0) is 19.8. The van der Waals surface area contributed by atoms with Crippen molar-refractivity contribution < 1.29 is 4.42 Å². The monoisotopic (exact) mass is 409 g/mol. The van der Waals surface area contributed by atoms with Gasteiger partial charge in [-0.05, 0) is 37.6 Å². The number of hydrogen-bond acceptors (Lipinski definition) is 7. The average Bonchev–Trinajstić information content (AvgIpc) is 3.39. The number of aliphatic imine (C=N–C) groups is 1. The molecule has 0 radical (unpaired) electrons. The molecule has 3 aromatic rings. The summed E-state index contributed by atoms with van der Waals surface area (Å²) in [5.74, 6) is 2.16. The van der Waals surface area contributed by atoms with E-state index in [1.807, 2.05) is 24.4 Å². The van der Waals surface area contributed by atoms with Crippen LogP contribution in [0.3, 0.4) is 0 Å². The van der Waals surface area contributed by atoms with E-state index in [2.05, 4.69) is 19.9 Å². The fourth-order valence-corrected chi connectivity index (χ4v) is 4.58. The van der Waals surface area contributed by atoms with E-state index in [-0.39, 0.29) is 5.56 Å². The fraction of sp³-hybridized carbons (Fsp3) is 0.429. The van der Waals surface area contributed by atoms with Crippen molar-refractivity contribution in [1.29, 1.82) is 0 Å². The number of thiophene rings is 1. The van der Waals surface area contributed by atoms with Crippen LogP contribution in [-0.4, -0.2) is 38.7 Å². The predicted molar refractivity (Wildman–Crippen MR) is 112 cm³/mol. The van der Waals surface area contributed by atoms with Crippen molar-refractivity contribution in [2.45, 2.75) is 45.7 Å². The van der Waals surface area contributed by atoms with E-state index in [0.717, 1.165) is 72.1 Å². The molecule has 0 unspecified atom stereocenters. The van der Waals surface area contributed by atoms with Crippen molar-refractivity contribution in [3.05, 3.63) is 56.4 Å². The van der Waals surface area contributed by atoms with Gasteiger partial charge in [0.25, 0.3) is 5.56 Å². The van der Waals surface area contributed by atoms with Gasteiger partial charge in [-0.3, -0.25) is 14.7 Å². The molecule has 0 amide bonds. The third-order valence-electron chi connectivity index (χ3n) is 5.54. The lowest BCUT2D eigenvalue weighted by Gasteiger charge is -2.27. The van der Waals surface area contributed by atoms with Gasteiger partial charge in [-0.15, -0.1) is 11.3 Å². The lowest BCUT2D eigenvalue weighted by Crippen LogP contribution is -2.36. The Morgan fingerprint density at radius 3 is 3.00 bits per heavy atom. The van der Waals surface area contributed by atoms with Crippen LogP contribution < -0.4 is 5.56 Å². The van der Waals surface area contributed by atoms with Crippen LogP contribution >= 0.6 is 11.3 Å². The number of nitrogens with zero attached hydrogens (tertiary/aromatic N) is 4. The standard InChI is InChI=1S/C21H23N5O2S/c1-13-17(24-21(28-13)18-6-4-10-29-18)12-26-9-7-15-14(11-26)20(27)25-19(23-15)16-5-2-3-8-22-16/h4,6,10H,2-3,5,7-9,11-12H2,1H3,(H,23,25,27). The van der Waals surface area contributed by atoms with Gasteiger partial charge in [-0.2, -0.15) is 0 Å². The van der Waals surface area contributed by atoms with Crippen molar-refractivity contribution in [2.24, 2.45) is 4.99 Å². The first-order valence-corrected chi connectivity index (χ1v) is 10.9. The van der Waals surface area contributed by atoms with E-state index in [1.54, 1.807) is 11.3 Å². The molecule has 0 fully saturated rings. The minimum Gasteiger partial charge on any atom is -0.440 e. The highest BCUT2D eigenvalue weighted by Crippen LogP contribution is 2.27. The van der Waals surface area contributed by atoms with Gasteiger partial charge in [-0.25, -0.2) is 9.97 Å². The zero-order valence-electron chi connectivity index (χ0n) is 16.4. The van der Waals surface area contributed by atoms with Gasteiger partial charge in [0.2, 0.25) is 5.89 Å². The van der Waals surface area contributed by atoms with Gasteiger partial charge < -0.3 is 9.40 Å². The number of H-pyrrole nitrogens is 1. The molecular formula is C21H23N5O2S. The molecule has 29 heavy (non-hydrogen) atoms. The van der Waals surface area contributed by atoms with Crippen LogP contribution in [-0.2, 0) is 19.5 Å². The Morgan fingerprint density at radius 2 is 2.21 bits per heavy atom. The van der Waals surface area contributed by atoms with Gasteiger partial charge in [-0.1, -0.05) is 6.07 Å². The first kappa shape index (κ1) is 18.4. The number of aryl methyl sites for hydroxylation is 1. The van der Waals surface area contributed by atoms with E-state index in [0.29, 0.717) is 24.8 Å². The number of hydrogen-bond donors (Lipinski definition) is 1. The first-order valence-electron chi connectivity index (χ1n) is 10.1. The van der Waals surface area contributed by atoms with Crippen LogP contribution in [0.1, 0.15) is 47.8 Å². The van der Waals surface area contributed by atoms with E-state index in [9.17, 15) is 4.79 Å². The van der Waals surface area contributed by atoms with Gasteiger partial charge in [0.1, 0.15) is 5.76 Å². The maximum atomic E-state index is 12.7. The Kier molecular flexibility index (Phi) is 4.89. The third kappa shape index (κ3) is 3.70. The van der Waals surface area contributed by atoms with Crippen LogP contribution in [0, 0.1) is 6.92 Å². The minimum atomic E-state index is -0.0425. The van der Waals surface area contributed by atoms with Crippen molar-refractivity contribution in [3.63, 3.8) is 0 Å². The molecule has 8 heteroatoms. The Balaban J connectivity index is 1.35. The second-order valence-electron chi connectivity index (χ2n) is 7.59. The summed E-state index contributed by atoms with van der Waals surface area (Å²) in [4.78, 5) is 33.0. The molecule has 0 atom stereocenters. The highest BCUT2D eigenvalue weighted by atomic mass is 32.1. The Hall–Kier alpha value is -2.58. The number of aromatic nitrogens is 3. The molecule has 0 spiro atoms. The van der Waals surface area contributed by atoms with Crippen molar-refractivity contribution in [2.75, 3.05) is 13.1 Å². The van der Waals surface area contributed by atoms with E-state index >= 15 is 0 Å². The van der Waals surface area contributed by atoms with Crippen LogP contribution in [0.25, 0.3) is 10.8 Å². The molecule has 7 nitrogen and oxygen atoms in total. The highest BCUT2D eigenvalue weighted by molar-refractivity contribution is 7.13. The predicted octanol–water partition coefficient (Wildman–Crippen LogP) is 3.33. The minimum absolute atomic E-state index is 0.0425.